The van der Waals surface area contributed by atoms with Crippen LogP contribution in [-0.2, 0) is 0 Å². The highest BCUT2D eigenvalue weighted by atomic mass is 16.3. The Morgan fingerprint density at radius 3 is 2.54 bits per heavy atom. The van der Waals surface area contributed by atoms with Crippen molar-refractivity contribution < 1.29 is 5.11 Å². The van der Waals surface area contributed by atoms with Gasteiger partial charge in [0.25, 0.3) is 0 Å². The minimum Gasteiger partial charge on any atom is -0.388 e. The predicted molar refractivity (Wildman–Crippen MR) is 56.4 cm³/mol. The second-order valence-corrected chi connectivity index (χ2v) is 4.53. The summed E-state index contributed by atoms with van der Waals surface area (Å²) >= 11 is 0. The molecule has 1 rings (SSSR count). The second-order valence-electron chi connectivity index (χ2n) is 4.53. The van der Waals surface area contributed by atoms with Gasteiger partial charge < -0.3 is 5.11 Å². The van der Waals surface area contributed by atoms with E-state index in [2.05, 4.69) is 26.8 Å². The van der Waals surface area contributed by atoms with E-state index in [1.54, 1.807) is 0 Å². The molecule has 0 heterocycles. The zero-order valence-electron chi connectivity index (χ0n) is 8.62. The van der Waals surface area contributed by atoms with Gasteiger partial charge in [-0.3, -0.25) is 0 Å². The molecule has 0 saturated heterocycles. The molecule has 1 unspecified atom stereocenters. The zero-order valence-corrected chi connectivity index (χ0v) is 8.62. The van der Waals surface area contributed by atoms with E-state index in [-0.39, 0.29) is 11.5 Å². The van der Waals surface area contributed by atoms with Crippen molar-refractivity contribution >= 4 is 0 Å². The molecule has 1 aliphatic carbocycles. The van der Waals surface area contributed by atoms with Crippen molar-refractivity contribution in [3.8, 4) is 0 Å². The quantitative estimate of drug-likeness (QED) is 0.654. The van der Waals surface area contributed by atoms with Crippen LogP contribution in [0.4, 0.5) is 0 Å². The molecule has 0 aromatic heterocycles. The Morgan fingerprint density at radius 2 is 1.92 bits per heavy atom. The lowest BCUT2D eigenvalue weighted by Gasteiger charge is -2.27. The maximum Gasteiger partial charge on any atom is 0.0804 e. The molecule has 1 nitrogen and oxygen atoms in total. The van der Waals surface area contributed by atoms with Gasteiger partial charge in [0.2, 0.25) is 0 Å². The molecule has 1 aliphatic rings. The Bertz CT molecular complexity index is 251. The molecule has 0 spiro atoms. The standard InChI is InChI=1S/C12H18O/c1-12(2,3)11(13)10-8-6-4-5-7-9-10/h4-8,11,13H,9H2,1-3H3. The van der Waals surface area contributed by atoms with Crippen molar-refractivity contribution in [2.24, 2.45) is 5.41 Å². The van der Waals surface area contributed by atoms with Crippen LogP contribution < -0.4 is 0 Å². The van der Waals surface area contributed by atoms with E-state index in [1.165, 1.54) is 0 Å². The molecule has 0 aliphatic heterocycles. The van der Waals surface area contributed by atoms with E-state index >= 15 is 0 Å². The largest absolute Gasteiger partial charge is 0.388 e. The van der Waals surface area contributed by atoms with Crippen LogP contribution in [0.15, 0.2) is 36.0 Å². The van der Waals surface area contributed by atoms with Gasteiger partial charge in [-0.15, -0.1) is 0 Å². The van der Waals surface area contributed by atoms with Crippen LogP contribution in [0.5, 0.6) is 0 Å². The first-order valence-electron chi connectivity index (χ1n) is 4.72. The van der Waals surface area contributed by atoms with Gasteiger partial charge in [-0.05, 0) is 17.4 Å². The average Bonchev–Trinajstić information content (AvgIpc) is 2.28. The van der Waals surface area contributed by atoms with E-state index in [0.717, 1.165) is 12.0 Å². The highest BCUT2D eigenvalue weighted by Gasteiger charge is 2.24. The minimum absolute atomic E-state index is 0.0716. The van der Waals surface area contributed by atoms with Crippen LogP contribution in [0, 0.1) is 5.41 Å². The molecule has 1 heteroatoms. The summed E-state index contributed by atoms with van der Waals surface area (Å²) in [6, 6.07) is 0. The van der Waals surface area contributed by atoms with Gasteiger partial charge >= 0.3 is 0 Å². The maximum atomic E-state index is 10.00. The topological polar surface area (TPSA) is 20.2 Å². The molecule has 0 saturated carbocycles. The summed E-state index contributed by atoms with van der Waals surface area (Å²) in [7, 11) is 0. The Labute approximate surface area is 80.5 Å². The fourth-order valence-electron chi connectivity index (χ4n) is 1.35. The van der Waals surface area contributed by atoms with Crippen LogP contribution in [0.25, 0.3) is 0 Å². The number of hydrogen-bond acceptors (Lipinski definition) is 1. The first kappa shape index (κ1) is 10.3. The second kappa shape index (κ2) is 3.93. The summed E-state index contributed by atoms with van der Waals surface area (Å²) < 4.78 is 0. The lowest BCUT2D eigenvalue weighted by atomic mass is 9.83. The summed E-state index contributed by atoms with van der Waals surface area (Å²) in [6.45, 7) is 6.16. The molecule has 13 heavy (non-hydrogen) atoms. The number of allylic oxidation sites excluding steroid dienone is 5. The number of rotatable bonds is 1. The number of aliphatic hydroxyl groups excluding tert-OH is 1. The third kappa shape index (κ3) is 2.85. The Kier molecular flexibility index (Phi) is 3.10. The van der Waals surface area contributed by atoms with Gasteiger partial charge in [-0.1, -0.05) is 51.2 Å². The van der Waals surface area contributed by atoms with Crippen LogP contribution >= 0.6 is 0 Å². The summed E-state index contributed by atoms with van der Waals surface area (Å²) in [5.74, 6) is 0. The summed E-state index contributed by atoms with van der Waals surface area (Å²) in [4.78, 5) is 0. The van der Waals surface area contributed by atoms with Gasteiger partial charge in [0.05, 0.1) is 6.10 Å². The third-order valence-electron chi connectivity index (χ3n) is 2.19. The van der Waals surface area contributed by atoms with Gasteiger partial charge in [0.15, 0.2) is 0 Å². The number of hydrogen-bond donors (Lipinski definition) is 1. The molecule has 72 valence electrons. The van der Waals surface area contributed by atoms with Crippen molar-refractivity contribution in [1.29, 1.82) is 0 Å². The fourth-order valence-corrected chi connectivity index (χ4v) is 1.35. The van der Waals surface area contributed by atoms with E-state index in [1.807, 2.05) is 24.3 Å². The molecule has 0 aromatic rings. The highest BCUT2D eigenvalue weighted by Crippen LogP contribution is 2.27. The molecule has 0 amide bonds. The van der Waals surface area contributed by atoms with Gasteiger partial charge in [0, 0.05) is 0 Å². The molecular formula is C12H18O. The van der Waals surface area contributed by atoms with Crippen LogP contribution in [-0.4, -0.2) is 11.2 Å². The van der Waals surface area contributed by atoms with E-state index in [9.17, 15) is 5.11 Å². The predicted octanol–water partition coefficient (Wildman–Crippen LogP) is 2.84. The lowest BCUT2D eigenvalue weighted by Crippen LogP contribution is -2.27. The molecule has 0 aromatic carbocycles. The van der Waals surface area contributed by atoms with Crippen molar-refractivity contribution in [3.63, 3.8) is 0 Å². The molecule has 1 atom stereocenters. The summed E-state index contributed by atoms with van der Waals surface area (Å²) in [5.41, 5.74) is 1.02. The molecule has 0 bridgehead atoms. The van der Waals surface area contributed by atoms with Gasteiger partial charge in [-0.2, -0.15) is 0 Å². The minimum atomic E-state index is -0.347. The SMILES string of the molecule is CC(C)(C)C(O)C1=CC=CC=CC1. The summed E-state index contributed by atoms with van der Waals surface area (Å²) in [6.07, 6.45) is 10.6. The van der Waals surface area contributed by atoms with E-state index in [0.29, 0.717) is 0 Å². The Hall–Kier alpha value is -0.820. The monoisotopic (exact) mass is 178 g/mol. The van der Waals surface area contributed by atoms with Crippen LogP contribution in [0.3, 0.4) is 0 Å². The Morgan fingerprint density at radius 1 is 1.23 bits per heavy atom. The van der Waals surface area contributed by atoms with E-state index < -0.39 is 0 Å². The molecule has 0 fully saturated rings. The first-order chi connectivity index (χ1) is 6.02. The van der Waals surface area contributed by atoms with E-state index in [4.69, 9.17) is 0 Å². The molecular weight excluding hydrogens is 160 g/mol. The summed E-state index contributed by atoms with van der Waals surface area (Å²) in [5, 5.41) is 10.00. The van der Waals surface area contributed by atoms with Crippen molar-refractivity contribution in [2.45, 2.75) is 33.3 Å². The first-order valence-corrected chi connectivity index (χ1v) is 4.72. The fraction of sp³-hybridized carbons (Fsp3) is 0.500. The Balaban J connectivity index is 2.77. The van der Waals surface area contributed by atoms with Gasteiger partial charge in [0.1, 0.15) is 0 Å². The normalized spacial score (nSPS) is 19.5. The molecule has 0 radical (unpaired) electrons. The number of aliphatic hydroxyl groups is 1. The van der Waals surface area contributed by atoms with Crippen LogP contribution in [0.1, 0.15) is 27.2 Å². The van der Waals surface area contributed by atoms with Crippen molar-refractivity contribution in [1.82, 2.24) is 0 Å². The lowest BCUT2D eigenvalue weighted by molar-refractivity contribution is 0.0932. The third-order valence-corrected chi connectivity index (χ3v) is 2.19. The van der Waals surface area contributed by atoms with Crippen molar-refractivity contribution in [3.05, 3.63) is 36.0 Å². The highest BCUT2D eigenvalue weighted by molar-refractivity contribution is 5.26. The van der Waals surface area contributed by atoms with Gasteiger partial charge in [-0.25, -0.2) is 0 Å². The average molecular weight is 178 g/mol. The zero-order chi connectivity index (χ0) is 9.90. The molecule has 1 N–H and O–H groups in total. The van der Waals surface area contributed by atoms with Crippen molar-refractivity contribution in [2.75, 3.05) is 0 Å². The van der Waals surface area contributed by atoms with Crippen LogP contribution in [0.2, 0.25) is 0 Å². The maximum absolute atomic E-state index is 10.00. The smallest absolute Gasteiger partial charge is 0.0804 e.